The Morgan fingerprint density at radius 1 is 0.686 bits per heavy atom. The van der Waals surface area contributed by atoms with Crippen molar-refractivity contribution < 1.29 is 14.0 Å². The summed E-state index contributed by atoms with van der Waals surface area (Å²) in [7, 11) is 0. The molecule has 0 fully saturated rings. The van der Waals surface area contributed by atoms with Crippen molar-refractivity contribution in [3.05, 3.63) is 118 Å². The van der Waals surface area contributed by atoms with Crippen LogP contribution in [-0.2, 0) is 12.8 Å². The summed E-state index contributed by atoms with van der Waals surface area (Å²) in [5, 5.41) is 27.4. The van der Waals surface area contributed by atoms with E-state index in [-0.39, 0.29) is 17.0 Å². The molecule has 8 rings (SSSR count). The molecular formula is C38H29FN10O2. The molecular weight excluding hydrogens is 647 g/mol. The van der Waals surface area contributed by atoms with Gasteiger partial charge in [0.25, 0.3) is 0 Å². The quantitative estimate of drug-likeness (QED) is 0.234. The molecule has 0 saturated heterocycles. The molecule has 0 spiro atoms. The van der Waals surface area contributed by atoms with Crippen molar-refractivity contribution in [3.63, 3.8) is 0 Å². The van der Waals surface area contributed by atoms with E-state index in [9.17, 15) is 14.0 Å². The van der Waals surface area contributed by atoms with Crippen LogP contribution in [0.1, 0.15) is 87.7 Å². The molecule has 6 aromatic rings. The summed E-state index contributed by atoms with van der Waals surface area (Å²) < 4.78 is 13.9. The van der Waals surface area contributed by atoms with Gasteiger partial charge in [0, 0.05) is 45.2 Å². The number of tetrazole rings is 2. The Bertz CT molecular complexity index is 2400. The number of rotatable bonds is 2. The molecule has 0 aliphatic heterocycles. The molecule has 0 radical (unpaired) electrons. The van der Waals surface area contributed by atoms with Crippen LogP contribution in [0.25, 0.3) is 22.8 Å². The Balaban J connectivity index is 0.000000160. The van der Waals surface area contributed by atoms with Gasteiger partial charge in [-0.1, -0.05) is 37.8 Å². The van der Waals surface area contributed by atoms with Gasteiger partial charge in [0.15, 0.2) is 11.6 Å². The normalized spacial score (nSPS) is 14.1. The lowest BCUT2D eigenvalue weighted by atomic mass is 9.75. The zero-order valence-electron chi connectivity index (χ0n) is 27.7. The fourth-order valence-corrected chi connectivity index (χ4v) is 5.81. The Kier molecular flexibility index (Phi) is 9.01. The van der Waals surface area contributed by atoms with Crippen LogP contribution < -0.4 is 0 Å². The van der Waals surface area contributed by atoms with Gasteiger partial charge in [0.05, 0.1) is 11.4 Å². The van der Waals surface area contributed by atoms with Crippen LogP contribution in [0, 0.1) is 34.9 Å². The number of nitrogens with one attached hydrogen (secondary N) is 2. The molecule has 13 heteroatoms. The van der Waals surface area contributed by atoms with Gasteiger partial charge in [0.1, 0.15) is 17.2 Å². The SMILES string of the molecule is CC1(C)CCc2nc(C#Cc3cc(F)cc(-c4nn[nH]n4)c3)ccc2C1=O.O=C1CCCc2nc(C#Cc3cccc(-c4nn[nH]n4)c3)ccc21. The van der Waals surface area contributed by atoms with E-state index < -0.39 is 5.82 Å². The third kappa shape index (κ3) is 7.48. The Labute approximate surface area is 291 Å². The number of aromatic nitrogens is 10. The van der Waals surface area contributed by atoms with Crippen LogP contribution in [0.5, 0.6) is 0 Å². The second kappa shape index (κ2) is 14.0. The minimum atomic E-state index is -0.437. The number of carbonyl (C=O) groups excluding carboxylic acids is 2. The molecule has 0 unspecified atom stereocenters. The number of halogens is 1. The maximum atomic E-state index is 13.9. The van der Waals surface area contributed by atoms with E-state index in [0.717, 1.165) is 53.8 Å². The zero-order chi connectivity index (χ0) is 35.4. The molecule has 0 atom stereocenters. The van der Waals surface area contributed by atoms with Gasteiger partial charge in [-0.25, -0.2) is 14.4 Å². The first-order valence-electron chi connectivity index (χ1n) is 16.2. The average molecular weight is 677 g/mol. The largest absolute Gasteiger partial charge is 0.294 e. The van der Waals surface area contributed by atoms with Crippen LogP contribution >= 0.6 is 0 Å². The summed E-state index contributed by atoms with van der Waals surface area (Å²) in [5.74, 6) is 12.7. The standard InChI is InChI=1S/C20H16FN5O.C18H13N5O/c1-20(2)8-7-17-16(18(20)27)6-5-15(22-17)4-3-12-9-13(11-14(21)10-12)19-23-25-26-24-19;24-17-6-2-5-16-15(17)10-9-14(19-16)8-7-12-3-1-4-13(11-12)18-20-22-23-21-18/h5-6,9-11H,7-8H2,1-2H3,(H,23,24,25,26);1,3-4,9-11H,2,5-6H2,(H,20,21,22,23). The number of pyridine rings is 2. The molecule has 12 nitrogen and oxygen atoms in total. The summed E-state index contributed by atoms with van der Waals surface area (Å²) in [6.07, 6.45) is 3.82. The van der Waals surface area contributed by atoms with Crippen molar-refractivity contribution in [1.29, 1.82) is 0 Å². The molecule has 51 heavy (non-hydrogen) atoms. The van der Waals surface area contributed by atoms with Crippen LogP contribution in [0.15, 0.2) is 66.7 Å². The number of carbonyl (C=O) groups is 2. The first-order chi connectivity index (χ1) is 24.7. The van der Waals surface area contributed by atoms with Crippen molar-refractivity contribution in [1.82, 2.24) is 51.2 Å². The fourth-order valence-electron chi connectivity index (χ4n) is 5.81. The second-order valence-corrected chi connectivity index (χ2v) is 12.7. The number of ketones is 2. The highest BCUT2D eigenvalue weighted by atomic mass is 19.1. The Morgan fingerprint density at radius 2 is 1.33 bits per heavy atom. The van der Waals surface area contributed by atoms with Gasteiger partial charge in [0.2, 0.25) is 11.6 Å². The first kappa shape index (κ1) is 32.8. The van der Waals surface area contributed by atoms with Gasteiger partial charge < -0.3 is 0 Å². The smallest absolute Gasteiger partial charge is 0.204 e. The topological polar surface area (TPSA) is 169 Å². The molecule has 0 saturated carbocycles. The predicted molar refractivity (Wildman–Crippen MR) is 183 cm³/mol. The monoisotopic (exact) mass is 676 g/mol. The maximum absolute atomic E-state index is 13.9. The molecule has 2 N–H and O–H groups in total. The van der Waals surface area contributed by atoms with Gasteiger partial charge >= 0.3 is 0 Å². The number of H-pyrrole nitrogens is 2. The van der Waals surface area contributed by atoms with Crippen molar-refractivity contribution in [2.45, 2.75) is 46.0 Å². The zero-order valence-corrected chi connectivity index (χ0v) is 27.7. The van der Waals surface area contributed by atoms with Crippen molar-refractivity contribution in [2.24, 2.45) is 5.41 Å². The Hall–Kier alpha value is -6.73. The molecule has 0 bridgehead atoms. The molecule has 250 valence electrons. The lowest BCUT2D eigenvalue weighted by molar-refractivity contribution is 0.0809. The minimum Gasteiger partial charge on any atom is -0.294 e. The second-order valence-electron chi connectivity index (χ2n) is 12.7. The van der Waals surface area contributed by atoms with Crippen LogP contribution in [0.2, 0.25) is 0 Å². The van der Waals surface area contributed by atoms with Gasteiger partial charge in [-0.05, 0) is 103 Å². The molecule has 0 amide bonds. The number of fused-ring (bicyclic) bond motifs is 2. The highest BCUT2D eigenvalue weighted by Gasteiger charge is 2.34. The Morgan fingerprint density at radius 3 is 2.04 bits per heavy atom. The number of aromatic amines is 2. The molecule has 4 heterocycles. The molecule has 2 aliphatic carbocycles. The van der Waals surface area contributed by atoms with Gasteiger partial charge in [-0.2, -0.15) is 10.4 Å². The third-order valence-electron chi connectivity index (χ3n) is 8.55. The van der Waals surface area contributed by atoms with Gasteiger partial charge in [-0.3, -0.25) is 9.59 Å². The summed E-state index contributed by atoms with van der Waals surface area (Å²) in [4.78, 5) is 33.3. The fraction of sp³-hybridized carbons (Fsp3) is 0.211. The van der Waals surface area contributed by atoms with Crippen LogP contribution in [-0.4, -0.2) is 62.8 Å². The van der Waals surface area contributed by atoms with E-state index >= 15 is 0 Å². The molecule has 2 aromatic carbocycles. The van der Waals surface area contributed by atoms with E-state index in [1.165, 1.54) is 12.1 Å². The van der Waals surface area contributed by atoms with Gasteiger partial charge in [-0.15, -0.1) is 20.4 Å². The van der Waals surface area contributed by atoms with E-state index in [1.807, 2.05) is 44.2 Å². The number of nitrogens with zero attached hydrogens (tertiary/aromatic N) is 8. The van der Waals surface area contributed by atoms with Crippen LogP contribution in [0.3, 0.4) is 0 Å². The lowest BCUT2D eigenvalue weighted by Gasteiger charge is -2.28. The predicted octanol–water partition coefficient (Wildman–Crippen LogP) is 5.14. The summed E-state index contributed by atoms with van der Waals surface area (Å²) in [5.41, 5.74) is 6.57. The summed E-state index contributed by atoms with van der Waals surface area (Å²) in [6.45, 7) is 3.91. The van der Waals surface area contributed by atoms with Crippen LogP contribution in [0.4, 0.5) is 4.39 Å². The third-order valence-corrected chi connectivity index (χ3v) is 8.55. The average Bonchev–Trinajstić information content (AvgIpc) is 3.88. The lowest BCUT2D eigenvalue weighted by Crippen LogP contribution is -2.31. The summed E-state index contributed by atoms with van der Waals surface area (Å²) in [6, 6.07) is 19.1. The number of Topliss-reactive ketones (excluding diaryl/α,β-unsaturated/α-hetero) is 2. The summed E-state index contributed by atoms with van der Waals surface area (Å²) >= 11 is 0. The molecule has 4 aromatic heterocycles. The van der Waals surface area contributed by atoms with E-state index in [2.05, 4.69) is 74.9 Å². The number of aryl methyl sites for hydroxylation is 2. The number of benzene rings is 2. The number of hydrogen-bond donors (Lipinski definition) is 2. The first-order valence-corrected chi connectivity index (χ1v) is 16.2. The molecule has 2 aliphatic rings. The van der Waals surface area contributed by atoms with Crippen molar-refractivity contribution >= 4 is 11.6 Å². The number of hydrogen-bond acceptors (Lipinski definition) is 10. The van der Waals surface area contributed by atoms with E-state index in [4.69, 9.17) is 0 Å². The van der Waals surface area contributed by atoms with Crippen molar-refractivity contribution in [3.8, 4) is 46.5 Å². The van der Waals surface area contributed by atoms with E-state index in [1.54, 1.807) is 24.3 Å². The highest BCUT2D eigenvalue weighted by Crippen LogP contribution is 2.34. The maximum Gasteiger partial charge on any atom is 0.204 e. The minimum absolute atomic E-state index is 0.116. The highest BCUT2D eigenvalue weighted by molar-refractivity contribution is 6.02. The van der Waals surface area contributed by atoms with E-state index in [0.29, 0.717) is 46.1 Å². The van der Waals surface area contributed by atoms with Crippen molar-refractivity contribution in [2.75, 3.05) is 0 Å².